The minimum absolute atomic E-state index is 0.00183. The Morgan fingerprint density at radius 1 is 1.50 bits per heavy atom. The van der Waals surface area contributed by atoms with Crippen LogP contribution in [0.15, 0.2) is 22.9 Å². The van der Waals surface area contributed by atoms with Gasteiger partial charge in [-0.25, -0.2) is 4.79 Å². The first-order chi connectivity index (χ1) is 6.68. The molecule has 0 aromatic carbocycles. The summed E-state index contributed by atoms with van der Waals surface area (Å²) in [5, 5.41) is 8.16. The topological polar surface area (TPSA) is 68.7 Å². The lowest BCUT2D eigenvalue weighted by Gasteiger charge is -2.04. The molecule has 1 heterocycles. The van der Waals surface area contributed by atoms with E-state index in [0.29, 0.717) is 5.75 Å². The summed E-state index contributed by atoms with van der Waals surface area (Å²) in [4.78, 5) is 13.8. The van der Waals surface area contributed by atoms with Gasteiger partial charge < -0.3 is 14.6 Å². The predicted molar refractivity (Wildman–Crippen MR) is 51.4 cm³/mol. The molecular formula is C8H8BrNO4. The molecule has 6 heteroatoms. The van der Waals surface area contributed by atoms with E-state index in [0.717, 1.165) is 4.47 Å². The summed E-state index contributed by atoms with van der Waals surface area (Å²) in [6.07, 6.45) is 1.85. The third-order valence-corrected chi connectivity index (χ3v) is 1.69. The number of halogens is 1. The molecule has 1 aromatic rings. The lowest BCUT2D eigenvalue weighted by atomic mass is 10.5. The molecular weight excluding hydrogens is 254 g/mol. The van der Waals surface area contributed by atoms with Crippen LogP contribution in [-0.4, -0.2) is 29.5 Å². The molecule has 0 aliphatic heterocycles. The van der Waals surface area contributed by atoms with Crippen LogP contribution in [0.25, 0.3) is 0 Å². The standard InChI is InChI=1S/C8H8BrNO4/c9-6-3-7(5-10-4-6)13-1-2-14-8(11)12/h3-5H,1-2H2,(H,11,12). The summed E-state index contributed by atoms with van der Waals surface area (Å²) in [6, 6.07) is 1.73. The summed E-state index contributed by atoms with van der Waals surface area (Å²) < 4.78 is 10.2. The Kier molecular flexibility index (Phi) is 4.18. The van der Waals surface area contributed by atoms with Gasteiger partial charge in [0.2, 0.25) is 0 Å². The van der Waals surface area contributed by atoms with Crippen molar-refractivity contribution in [2.75, 3.05) is 13.2 Å². The number of carbonyl (C=O) groups is 1. The first-order valence-corrected chi connectivity index (χ1v) is 4.57. The minimum atomic E-state index is -1.30. The highest BCUT2D eigenvalue weighted by molar-refractivity contribution is 9.10. The van der Waals surface area contributed by atoms with Crippen molar-refractivity contribution in [2.45, 2.75) is 0 Å². The zero-order valence-corrected chi connectivity index (χ0v) is 8.73. The first kappa shape index (κ1) is 10.8. The fraction of sp³-hybridized carbons (Fsp3) is 0.250. The van der Waals surface area contributed by atoms with Crippen LogP contribution in [0.1, 0.15) is 0 Å². The predicted octanol–water partition coefficient (Wildman–Crippen LogP) is 1.92. The van der Waals surface area contributed by atoms with E-state index >= 15 is 0 Å². The molecule has 0 aliphatic carbocycles. The first-order valence-electron chi connectivity index (χ1n) is 3.77. The van der Waals surface area contributed by atoms with Crippen LogP contribution in [0.4, 0.5) is 4.79 Å². The van der Waals surface area contributed by atoms with Crippen LogP contribution in [0, 0.1) is 0 Å². The average Bonchev–Trinajstić information content (AvgIpc) is 2.12. The van der Waals surface area contributed by atoms with Crippen molar-refractivity contribution < 1.29 is 19.4 Å². The van der Waals surface area contributed by atoms with E-state index in [-0.39, 0.29) is 13.2 Å². The number of pyridine rings is 1. The molecule has 14 heavy (non-hydrogen) atoms. The quantitative estimate of drug-likeness (QED) is 0.663. The normalized spacial score (nSPS) is 9.50. The Balaban J connectivity index is 2.28. The van der Waals surface area contributed by atoms with E-state index in [1.165, 1.54) is 6.20 Å². The number of aromatic nitrogens is 1. The van der Waals surface area contributed by atoms with Gasteiger partial charge in [-0.3, -0.25) is 4.98 Å². The highest BCUT2D eigenvalue weighted by atomic mass is 79.9. The van der Waals surface area contributed by atoms with Gasteiger partial charge in [0.25, 0.3) is 0 Å². The average molecular weight is 262 g/mol. The van der Waals surface area contributed by atoms with Gasteiger partial charge in [-0.05, 0) is 22.0 Å². The Hall–Kier alpha value is -1.30. The molecule has 0 amide bonds. The fourth-order valence-electron chi connectivity index (χ4n) is 0.760. The zero-order valence-electron chi connectivity index (χ0n) is 7.14. The second kappa shape index (κ2) is 5.43. The monoisotopic (exact) mass is 261 g/mol. The van der Waals surface area contributed by atoms with Gasteiger partial charge in [0.15, 0.2) is 0 Å². The van der Waals surface area contributed by atoms with Crippen LogP contribution in [0.3, 0.4) is 0 Å². The Morgan fingerprint density at radius 2 is 2.29 bits per heavy atom. The minimum Gasteiger partial charge on any atom is -0.488 e. The van der Waals surface area contributed by atoms with E-state index in [1.807, 2.05) is 0 Å². The third kappa shape index (κ3) is 4.08. The number of hydrogen-bond acceptors (Lipinski definition) is 4. The number of ether oxygens (including phenoxy) is 2. The van der Waals surface area contributed by atoms with E-state index in [2.05, 4.69) is 25.7 Å². The van der Waals surface area contributed by atoms with Gasteiger partial charge in [0.1, 0.15) is 19.0 Å². The second-order valence-electron chi connectivity index (χ2n) is 2.30. The van der Waals surface area contributed by atoms with Crippen LogP contribution in [-0.2, 0) is 4.74 Å². The van der Waals surface area contributed by atoms with Crippen LogP contribution in [0.2, 0.25) is 0 Å². The van der Waals surface area contributed by atoms with E-state index in [9.17, 15) is 4.79 Å². The summed E-state index contributed by atoms with van der Waals surface area (Å²) >= 11 is 3.23. The molecule has 1 N–H and O–H groups in total. The third-order valence-electron chi connectivity index (χ3n) is 1.26. The molecule has 1 rings (SSSR count). The van der Waals surface area contributed by atoms with Gasteiger partial charge in [0.05, 0.1) is 6.20 Å². The SMILES string of the molecule is O=C(O)OCCOc1cncc(Br)c1. The number of rotatable bonds is 4. The van der Waals surface area contributed by atoms with Gasteiger partial charge in [0, 0.05) is 10.7 Å². The molecule has 0 bridgehead atoms. The summed E-state index contributed by atoms with van der Waals surface area (Å²) in [7, 11) is 0. The van der Waals surface area contributed by atoms with Crippen molar-refractivity contribution in [3.63, 3.8) is 0 Å². The maximum Gasteiger partial charge on any atom is 0.505 e. The van der Waals surface area contributed by atoms with Gasteiger partial charge in [-0.2, -0.15) is 0 Å². The van der Waals surface area contributed by atoms with Crippen molar-refractivity contribution in [3.8, 4) is 5.75 Å². The maximum absolute atomic E-state index is 9.97. The van der Waals surface area contributed by atoms with Crippen molar-refractivity contribution in [1.82, 2.24) is 4.98 Å². The molecule has 0 unspecified atom stereocenters. The molecule has 5 nitrogen and oxygen atoms in total. The van der Waals surface area contributed by atoms with E-state index in [1.54, 1.807) is 12.3 Å². The number of carboxylic acid groups (broad SMARTS) is 1. The molecule has 0 saturated heterocycles. The van der Waals surface area contributed by atoms with Crippen molar-refractivity contribution in [2.24, 2.45) is 0 Å². The molecule has 0 atom stereocenters. The summed E-state index contributed by atoms with van der Waals surface area (Å²) in [6.45, 7) is 0.173. The molecule has 1 aromatic heterocycles. The van der Waals surface area contributed by atoms with Gasteiger partial charge >= 0.3 is 6.16 Å². The fourth-order valence-corrected chi connectivity index (χ4v) is 1.10. The smallest absolute Gasteiger partial charge is 0.488 e. The highest BCUT2D eigenvalue weighted by Gasteiger charge is 1.98. The van der Waals surface area contributed by atoms with Crippen molar-refractivity contribution in [3.05, 3.63) is 22.9 Å². The van der Waals surface area contributed by atoms with E-state index < -0.39 is 6.16 Å². The Bertz CT molecular complexity index is 318. The van der Waals surface area contributed by atoms with Crippen molar-refractivity contribution >= 4 is 22.1 Å². The van der Waals surface area contributed by atoms with Gasteiger partial charge in [-0.15, -0.1) is 0 Å². The Morgan fingerprint density at radius 3 is 2.93 bits per heavy atom. The Labute approximate surface area is 88.8 Å². The molecule has 0 spiro atoms. The zero-order chi connectivity index (χ0) is 10.4. The number of hydrogen-bond donors (Lipinski definition) is 1. The van der Waals surface area contributed by atoms with Crippen LogP contribution in [0.5, 0.6) is 5.75 Å². The number of nitrogens with zero attached hydrogens (tertiary/aromatic N) is 1. The molecule has 0 saturated carbocycles. The molecule has 0 fully saturated rings. The summed E-state index contributed by atoms with van der Waals surface area (Å²) in [5.41, 5.74) is 0. The lowest BCUT2D eigenvalue weighted by Crippen LogP contribution is -2.10. The maximum atomic E-state index is 9.97. The summed E-state index contributed by atoms with van der Waals surface area (Å²) in [5.74, 6) is 0.563. The molecule has 76 valence electrons. The van der Waals surface area contributed by atoms with Crippen molar-refractivity contribution in [1.29, 1.82) is 0 Å². The second-order valence-corrected chi connectivity index (χ2v) is 3.22. The highest BCUT2D eigenvalue weighted by Crippen LogP contribution is 2.15. The molecule has 0 aliphatic rings. The lowest BCUT2D eigenvalue weighted by molar-refractivity contribution is 0.0780. The van der Waals surface area contributed by atoms with Crippen LogP contribution >= 0.6 is 15.9 Å². The van der Waals surface area contributed by atoms with Crippen LogP contribution < -0.4 is 4.74 Å². The van der Waals surface area contributed by atoms with Gasteiger partial charge in [-0.1, -0.05) is 0 Å². The van der Waals surface area contributed by atoms with E-state index in [4.69, 9.17) is 9.84 Å². The molecule has 0 radical (unpaired) electrons. The largest absolute Gasteiger partial charge is 0.505 e.